The van der Waals surface area contributed by atoms with Crippen molar-refractivity contribution in [2.45, 2.75) is 20.4 Å². The second-order valence-corrected chi connectivity index (χ2v) is 12.4. The maximum atomic E-state index is 14.4. The lowest BCUT2D eigenvalue weighted by molar-refractivity contribution is 0.0619. The zero-order valence-corrected chi connectivity index (χ0v) is 28.2. The first-order chi connectivity index (χ1) is 24.6. The van der Waals surface area contributed by atoms with E-state index in [9.17, 15) is 22.8 Å². The van der Waals surface area contributed by atoms with Crippen LogP contribution in [-0.4, -0.2) is 70.8 Å². The fourth-order valence-electron chi connectivity index (χ4n) is 6.28. The number of halogens is 3. The van der Waals surface area contributed by atoms with E-state index in [1.165, 1.54) is 11.1 Å². The highest BCUT2D eigenvalue weighted by molar-refractivity contribution is 6.02. The topological polar surface area (TPSA) is 101 Å². The van der Waals surface area contributed by atoms with Crippen molar-refractivity contribution in [2.75, 3.05) is 49.7 Å². The number of aromatic nitrogens is 2. The maximum Gasteiger partial charge on any atom is 0.326 e. The molecule has 7 rings (SSSR count). The predicted molar refractivity (Wildman–Crippen MR) is 184 cm³/mol. The minimum absolute atomic E-state index is 0.0407. The van der Waals surface area contributed by atoms with Gasteiger partial charge in [-0.3, -0.25) is 14.6 Å². The van der Waals surface area contributed by atoms with Gasteiger partial charge in [0.15, 0.2) is 23.1 Å². The Bertz CT molecular complexity index is 2130. The van der Waals surface area contributed by atoms with E-state index in [0.717, 1.165) is 60.6 Å². The Hall–Kier alpha value is -5.76. The molecule has 0 unspecified atom stereocenters. The molecule has 264 valence electrons. The normalized spacial score (nSPS) is 14.2. The van der Waals surface area contributed by atoms with Crippen LogP contribution < -0.4 is 24.4 Å². The lowest BCUT2D eigenvalue weighted by atomic mass is 10.1. The van der Waals surface area contributed by atoms with Crippen LogP contribution >= 0.6 is 0 Å². The second kappa shape index (κ2) is 13.9. The number of hydrogen-bond donors (Lipinski definition) is 1. The average molecular weight is 701 g/mol. The van der Waals surface area contributed by atoms with Gasteiger partial charge in [0.2, 0.25) is 12.7 Å². The summed E-state index contributed by atoms with van der Waals surface area (Å²) in [6, 6.07) is 16.4. The van der Waals surface area contributed by atoms with Gasteiger partial charge in [-0.2, -0.15) is 0 Å². The number of aryl methyl sites for hydroxylation is 1. The Labute approximate surface area is 291 Å². The summed E-state index contributed by atoms with van der Waals surface area (Å²) in [5, 5.41) is 3.05. The van der Waals surface area contributed by atoms with Gasteiger partial charge in [-0.25, -0.2) is 22.9 Å². The van der Waals surface area contributed by atoms with E-state index in [1.807, 2.05) is 52.9 Å². The summed E-state index contributed by atoms with van der Waals surface area (Å²) in [5.74, 6) is -1.47. The Kier molecular flexibility index (Phi) is 9.17. The smallest absolute Gasteiger partial charge is 0.326 e. The predicted octanol–water partition coefficient (Wildman–Crippen LogP) is 6.84. The molecule has 3 aromatic carbocycles. The first kappa shape index (κ1) is 33.7. The molecular weight excluding hydrogens is 665 g/mol. The summed E-state index contributed by atoms with van der Waals surface area (Å²) in [6.07, 6.45) is 1.40. The summed E-state index contributed by atoms with van der Waals surface area (Å²) < 4.78 is 61.1. The van der Waals surface area contributed by atoms with Crippen molar-refractivity contribution in [1.29, 1.82) is 0 Å². The van der Waals surface area contributed by atoms with Gasteiger partial charge in [-0.15, -0.1) is 0 Å². The molecule has 1 N–H and O–H groups in total. The molecule has 2 aromatic heterocycles. The van der Waals surface area contributed by atoms with Crippen molar-refractivity contribution in [2.24, 2.45) is 7.05 Å². The number of carbonyl (C=O) groups is 2. The number of anilines is 2. The molecule has 0 saturated carbocycles. The van der Waals surface area contributed by atoms with Gasteiger partial charge in [-0.1, -0.05) is 6.07 Å². The molecule has 2 aliphatic heterocycles. The van der Waals surface area contributed by atoms with E-state index in [0.29, 0.717) is 30.2 Å². The van der Waals surface area contributed by atoms with Crippen LogP contribution in [0, 0.1) is 24.4 Å². The summed E-state index contributed by atoms with van der Waals surface area (Å²) in [6.45, 7) is 6.68. The van der Waals surface area contributed by atoms with Gasteiger partial charge < -0.3 is 29.0 Å². The van der Waals surface area contributed by atoms with Crippen LogP contribution in [0.1, 0.15) is 28.5 Å². The van der Waals surface area contributed by atoms with Crippen LogP contribution in [-0.2, 0) is 13.6 Å². The molecule has 51 heavy (non-hydrogen) atoms. The Morgan fingerprint density at radius 1 is 0.941 bits per heavy atom. The van der Waals surface area contributed by atoms with Crippen LogP contribution in [0.15, 0.2) is 66.9 Å². The van der Waals surface area contributed by atoms with Crippen molar-refractivity contribution in [1.82, 2.24) is 19.4 Å². The third-order valence-corrected chi connectivity index (χ3v) is 9.18. The molecule has 3 amide bonds. The molecule has 1 fully saturated rings. The summed E-state index contributed by atoms with van der Waals surface area (Å²) in [5.41, 5.74) is 1.85. The second-order valence-electron chi connectivity index (χ2n) is 12.4. The number of amides is 3. The van der Waals surface area contributed by atoms with Gasteiger partial charge in [0.1, 0.15) is 17.3 Å². The molecule has 1 saturated heterocycles. The first-order valence-corrected chi connectivity index (χ1v) is 16.5. The minimum atomic E-state index is -1.36. The largest absolute Gasteiger partial charge is 0.454 e. The number of rotatable bonds is 8. The first-order valence-electron chi connectivity index (χ1n) is 16.5. The molecule has 2 aliphatic rings. The molecule has 0 atom stereocenters. The van der Waals surface area contributed by atoms with E-state index >= 15 is 0 Å². The number of nitrogens with zero attached hydrogens (tertiary/aromatic N) is 5. The summed E-state index contributed by atoms with van der Waals surface area (Å²) in [4.78, 5) is 36.3. The minimum Gasteiger partial charge on any atom is -0.454 e. The van der Waals surface area contributed by atoms with Gasteiger partial charge in [0.25, 0.3) is 5.91 Å². The van der Waals surface area contributed by atoms with Gasteiger partial charge >= 0.3 is 6.03 Å². The number of benzene rings is 3. The van der Waals surface area contributed by atoms with Crippen molar-refractivity contribution in [3.05, 3.63) is 101 Å². The lowest BCUT2D eigenvalue weighted by Crippen LogP contribution is -2.48. The monoisotopic (exact) mass is 700 g/mol. The fourth-order valence-corrected chi connectivity index (χ4v) is 6.28. The number of ether oxygens (including phenoxy) is 3. The van der Waals surface area contributed by atoms with Crippen LogP contribution in [0.25, 0.3) is 10.9 Å². The molecule has 4 heterocycles. The number of hydrogen-bond acceptors (Lipinski definition) is 7. The molecule has 5 aromatic rings. The third kappa shape index (κ3) is 6.74. The Morgan fingerprint density at radius 3 is 2.47 bits per heavy atom. The molecule has 0 aliphatic carbocycles. The molecule has 0 spiro atoms. The van der Waals surface area contributed by atoms with E-state index in [4.69, 9.17) is 14.2 Å². The van der Waals surface area contributed by atoms with Crippen LogP contribution in [0.2, 0.25) is 0 Å². The van der Waals surface area contributed by atoms with Gasteiger partial charge in [-0.05, 0) is 61.9 Å². The van der Waals surface area contributed by atoms with E-state index in [1.54, 1.807) is 25.1 Å². The Balaban J connectivity index is 0.977. The zero-order chi connectivity index (χ0) is 35.8. The number of nitrogens with one attached hydrogen (secondary N) is 1. The number of piperazine rings is 1. The SMILES string of the molecule is CCN(C(=O)Nc1cc(F)c(C)c(F)c1F)c1ccc(Oc2ccc3c(c2)cc(C(=O)N2CCN(Cc4ccc5c(c4)OCO5)CC2)n3C)nc1. The zero-order valence-electron chi connectivity index (χ0n) is 28.2. The highest BCUT2D eigenvalue weighted by Crippen LogP contribution is 2.33. The Morgan fingerprint density at radius 2 is 1.73 bits per heavy atom. The van der Waals surface area contributed by atoms with Gasteiger partial charge in [0, 0.05) is 74.9 Å². The average Bonchev–Trinajstić information content (AvgIpc) is 3.74. The van der Waals surface area contributed by atoms with E-state index in [-0.39, 0.29) is 25.1 Å². The number of carbonyl (C=O) groups excluding carboxylic acids is 2. The molecule has 14 heteroatoms. The molecule has 0 bridgehead atoms. The molecule has 11 nitrogen and oxygen atoms in total. The maximum absolute atomic E-state index is 14.4. The van der Waals surface area contributed by atoms with E-state index < -0.39 is 34.7 Å². The van der Waals surface area contributed by atoms with Gasteiger partial charge in [0.05, 0.1) is 17.6 Å². The lowest BCUT2D eigenvalue weighted by Gasteiger charge is -2.34. The fraction of sp³-hybridized carbons (Fsp3) is 0.270. The van der Waals surface area contributed by atoms with Crippen molar-refractivity contribution in [3.63, 3.8) is 0 Å². The highest BCUT2D eigenvalue weighted by Gasteiger charge is 2.26. The quantitative estimate of drug-likeness (QED) is 0.177. The standard InChI is InChI=1S/C37H35F3N6O5/c1-4-46(37(48)42-28-18-27(38)22(2)34(39)35(28)40)25-6-10-33(41-19-25)51-26-7-8-29-24(16-26)17-30(43(29)3)36(47)45-13-11-44(12-14-45)20-23-5-9-31-32(15-23)50-21-49-31/h5-10,15-19H,4,11-14,20-21H2,1-3H3,(H,42,48). The van der Waals surface area contributed by atoms with Crippen LogP contribution in [0.4, 0.5) is 29.3 Å². The van der Waals surface area contributed by atoms with E-state index in [2.05, 4.69) is 15.2 Å². The molecule has 0 radical (unpaired) electrons. The van der Waals surface area contributed by atoms with Crippen LogP contribution in [0.5, 0.6) is 23.1 Å². The van der Waals surface area contributed by atoms with Crippen LogP contribution in [0.3, 0.4) is 0 Å². The summed E-state index contributed by atoms with van der Waals surface area (Å²) in [7, 11) is 1.86. The highest BCUT2D eigenvalue weighted by atomic mass is 19.2. The third-order valence-electron chi connectivity index (χ3n) is 9.18. The van der Waals surface area contributed by atoms with Crippen molar-refractivity contribution in [3.8, 4) is 23.1 Å². The number of urea groups is 1. The molecular formula is C37H35F3N6O5. The van der Waals surface area contributed by atoms with Crippen molar-refractivity contribution < 1.29 is 37.0 Å². The number of pyridine rings is 1. The summed E-state index contributed by atoms with van der Waals surface area (Å²) >= 11 is 0. The number of fused-ring (bicyclic) bond motifs is 2. The van der Waals surface area contributed by atoms with Crippen molar-refractivity contribution >= 4 is 34.2 Å².